The lowest BCUT2D eigenvalue weighted by atomic mass is 9.62. The van der Waals surface area contributed by atoms with Gasteiger partial charge in [0.2, 0.25) is 11.8 Å². The lowest BCUT2D eigenvalue weighted by molar-refractivity contribution is -0.157. The quantitative estimate of drug-likeness (QED) is 0.381. The predicted molar refractivity (Wildman–Crippen MR) is 153 cm³/mol. The molecule has 1 N–H and O–H groups in total. The third kappa shape index (κ3) is 4.26. The molecule has 1 saturated carbocycles. The van der Waals surface area contributed by atoms with Crippen LogP contribution < -0.4 is 10.2 Å². The van der Waals surface area contributed by atoms with E-state index in [1.807, 2.05) is 0 Å². The highest BCUT2D eigenvalue weighted by Gasteiger charge is 2.77. The molecule has 1 aliphatic carbocycles. The number of fused-ring (bicyclic) bond motifs is 4. The Labute approximate surface area is 248 Å². The van der Waals surface area contributed by atoms with E-state index in [2.05, 4.69) is 5.32 Å². The van der Waals surface area contributed by atoms with Gasteiger partial charge in [0.1, 0.15) is 5.60 Å². The lowest BCUT2D eigenvalue weighted by Gasteiger charge is -2.37. The summed E-state index contributed by atoms with van der Waals surface area (Å²) in [4.78, 5) is 70.8. The number of imide groups is 1. The fraction of sp³-hybridized carbons (Fsp3) is 0.452. The van der Waals surface area contributed by atoms with E-state index in [0.717, 1.165) is 4.90 Å². The van der Waals surface area contributed by atoms with Gasteiger partial charge in [-0.3, -0.25) is 19.2 Å². The number of carbonyl (C=O) groups excluding carboxylic acids is 5. The lowest BCUT2D eigenvalue weighted by Crippen LogP contribution is -2.56. The van der Waals surface area contributed by atoms with Crippen LogP contribution in [0.15, 0.2) is 42.5 Å². The Bertz CT molecular complexity index is 1500. The molecule has 0 aromatic heterocycles. The molecule has 2 aliphatic heterocycles. The van der Waals surface area contributed by atoms with Crippen molar-refractivity contribution in [1.29, 1.82) is 0 Å². The normalized spacial score (nSPS) is 25.8. The first kappa shape index (κ1) is 29.6. The maximum Gasteiger partial charge on any atom is 0.421 e. The van der Waals surface area contributed by atoms with Crippen molar-refractivity contribution in [3.05, 3.63) is 58.6 Å². The van der Waals surface area contributed by atoms with Crippen LogP contribution in [0.25, 0.3) is 0 Å². The highest BCUT2D eigenvalue weighted by Crippen LogP contribution is 2.67. The standard InChI is InChI=1S/C31H33ClN2O8/c1-6-40-23(35)14-17-16-30(19-13-12-18(32)15-21(19)33-26(30)37)24(25(36)41-7-2)31(17)20-10-8-9-11-22(20)34(27(31)38)28(39)42-29(3,4)5/h8-13,15,17,24H,6-7,14,16H2,1-5H3,(H,33,37)/t17-,24-,30-,31-/m1/s1. The molecule has 10 nitrogen and oxygen atoms in total. The number of para-hydroxylation sites is 1. The SMILES string of the molecule is CCOC(=O)C[C@@H]1C[C@]2(C(=O)Nc3cc(Cl)ccc32)[C@@H](C(=O)OCC)[C@@]12C(=O)N(C(=O)OC(C)(C)C)c1ccccc12. The second-order valence-electron chi connectivity index (χ2n) is 11.7. The van der Waals surface area contributed by atoms with Crippen LogP contribution in [0.1, 0.15) is 58.6 Å². The summed E-state index contributed by atoms with van der Waals surface area (Å²) in [7, 11) is 0. The number of rotatable bonds is 5. The van der Waals surface area contributed by atoms with E-state index in [1.54, 1.807) is 77.1 Å². The first-order valence-corrected chi connectivity index (χ1v) is 14.3. The molecule has 1 fully saturated rings. The third-order valence-electron chi connectivity index (χ3n) is 8.24. The number of anilines is 2. The van der Waals surface area contributed by atoms with Crippen LogP contribution in [-0.4, -0.2) is 48.7 Å². The maximum absolute atomic E-state index is 14.9. The van der Waals surface area contributed by atoms with E-state index in [4.69, 9.17) is 25.8 Å². The van der Waals surface area contributed by atoms with Crippen LogP contribution in [0.4, 0.5) is 16.2 Å². The predicted octanol–water partition coefficient (Wildman–Crippen LogP) is 4.90. The smallest absolute Gasteiger partial charge is 0.421 e. The van der Waals surface area contributed by atoms with E-state index < -0.39 is 58.1 Å². The summed E-state index contributed by atoms with van der Waals surface area (Å²) in [5.41, 5.74) is -2.99. The monoisotopic (exact) mass is 596 g/mol. The van der Waals surface area contributed by atoms with Crippen LogP contribution in [-0.2, 0) is 44.2 Å². The van der Waals surface area contributed by atoms with Crippen molar-refractivity contribution in [3.8, 4) is 0 Å². The Balaban J connectivity index is 1.82. The summed E-state index contributed by atoms with van der Waals surface area (Å²) in [6, 6.07) is 11.4. The summed E-state index contributed by atoms with van der Waals surface area (Å²) in [5, 5.41) is 3.21. The fourth-order valence-corrected chi connectivity index (χ4v) is 7.18. The largest absolute Gasteiger partial charge is 0.466 e. The third-order valence-corrected chi connectivity index (χ3v) is 8.48. The molecule has 2 aromatic carbocycles. The van der Waals surface area contributed by atoms with E-state index in [9.17, 15) is 24.0 Å². The number of nitrogens with one attached hydrogen (secondary N) is 1. The van der Waals surface area contributed by atoms with Crippen molar-refractivity contribution in [2.24, 2.45) is 11.8 Å². The molecular formula is C31H33ClN2O8. The van der Waals surface area contributed by atoms with Crippen LogP contribution >= 0.6 is 11.6 Å². The van der Waals surface area contributed by atoms with Gasteiger partial charge >= 0.3 is 18.0 Å². The molecule has 222 valence electrons. The molecule has 0 radical (unpaired) electrons. The first-order valence-electron chi connectivity index (χ1n) is 13.9. The Morgan fingerprint density at radius 2 is 1.71 bits per heavy atom. The maximum atomic E-state index is 14.9. The van der Waals surface area contributed by atoms with Crippen molar-refractivity contribution >= 4 is 52.8 Å². The Morgan fingerprint density at radius 3 is 2.38 bits per heavy atom. The second-order valence-corrected chi connectivity index (χ2v) is 12.2. The minimum absolute atomic E-state index is 0.0231. The van der Waals surface area contributed by atoms with Crippen molar-refractivity contribution in [2.75, 3.05) is 23.4 Å². The first-order chi connectivity index (χ1) is 19.8. The molecular weight excluding hydrogens is 564 g/mol. The van der Waals surface area contributed by atoms with Crippen LogP contribution in [0.2, 0.25) is 5.02 Å². The van der Waals surface area contributed by atoms with Crippen molar-refractivity contribution in [2.45, 2.75) is 63.9 Å². The topological polar surface area (TPSA) is 128 Å². The molecule has 3 amide bonds. The fourth-order valence-electron chi connectivity index (χ4n) is 7.00. The summed E-state index contributed by atoms with van der Waals surface area (Å²) >= 11 is 6.25. The minimum Gasteiger partial charge on any atom is -0.466 e. The highest BCUT2D eigenvalue weighted by molar-refractivity contribution is 6.31. The van der Waals surface area contributed by atoms with E-state index in [1.165, 1.54) is 0 Å². The molecule has 11 heteroatoms. The number of halogens is 1. The average Bonchev–Trinajstić information content (AvgIpc) is 3.44. The van der Waals surface area contributed by atoms with Crippen molar-refractivity contribution < 1.29 is 38.2 Å². The number of hydrogen-bond donors (Lipinski definition) is 1. The number of esters is 2. The number of hydrogen-bond acceptors (Lipinski definition) is 8. The van der Waals surface area contributed by atoms with E-state index in [-0.39, 0.29) is 31.7 Å². The van der Waals surface area contributed by atoms with Gasteiger partial charge in [0.05, 0.1) is 35.6 Å². The zero-order valence-corrected chi connectivity index (χ0v) is 24.9. The zero-order chi connectivity index (χ0) is 30.6. The molecule has 0 bridgehead atoms. The Kier molecular flexibility index (Phi) is 7.33. The second kappa shape index (κ2) is 10.4. The Morgan fingerprint density at radius 1 is 1.02 bits per heavy atom. The average molecular weight is 597 g/mol. The Hall–Kier alpha value is -3.92. The summed E-state index contributed by atoms with van der Waals surface area (Å²) in [6.45, 7) is 8.39. The molecule has 4 atom stereocenters. The van der Waals surface area contributed by atoms with Gasteiger partial charge < -0.3 is 19.5 Å². The van der Waals surface area contributed by atoms with Crippen LogP contribution in [0.3, 0.4) is 0 Å². The molecule has 2 heterocycles. The molecule has 3 aliphatic rings. The van der Waals surface area contributed by atoms with E-state index >= 15 is 0 Å². The van der Waals surface area contributed by atoms with Gasteiger partial charge in [-0.1, -0.05) is 35.9 Å². The van der Waals surface area contributed by atoms with E-state index in [0.29, 0.717) is 21.8 Å². The van der Waals surface area contributed by atoms with Crippen molar-refractivity contribution in [3.63, 3.8) is 0 Å². The molecule has 0 saturated heterocycles. The molecule has 42 heavy (non-hydrogen) atoms. The van der Waals surface area contributed by atoms with Crippen molar-refractivity contribution in [1.82, 2.24) is 0 Å². The number of amides is 3. The minimum atomic E-state index is -1.84. The van der Waals surface area contributed by atoms with Gasteiger partial charge in [-0.2, -0.15) is 0 Å². The molecule has 0 unspecified atom stereocenters. The van der Waals surface area contributed by atoms with Gasteiger partial charge in [-0.25, -0.2) is 9.69 Å². The van der Waals surface area contributed by atoms with Gasteiger partial charge in [-0.15, -0.1) is 0 Å². The van der Waals surface area contributed by atoms with Gasteiger partial charge in [0, 0.05) is 17.1 Å². The summed E-state index contributed by atoms with van der Waals surface area (Å²) < 4.78 is 16.5. The molecule has 2 aromatic rings. The molecule has 2 spiro atoms. The summed E-state index contributed by atoms with van der Waals surface area (Å²) in [6.07, 6.45) is -1.29. The van der Waals surface area contributed by atoms with Gasteiger partial charge in [0.15, 0.2) is 0 Å². The zero-order valence-electron chi connectivity index (χ0n) is 24.1. The summed E-state index contributed by atoms with van der Waals surface area (Å²) in [5.74, 6) is -5.05. The van der Waals surface area contributed by atoms with Gasteiger partial charge in [-0.05, 0) is 76.3 Å². The number of carbonyl (C=O) groups is 5. The highest BCUT2D eigenvalue weighted by atomic mass is 35.5. The van der Waals surface area contributed by atoms with Crippen LogP contribution in [0, 0.1) is 11.8 Å². The van der Waals surface area contributed by atoms with Crippen LogP contribution in [0.5, 0.6) is 0 Å². The van der Waals surface area contributed by atoms with Gasteiger partial charge in [0.25, 0.3) is 0 Å². The molecule has 5 rings (SSSR count). The number of nitrogens with zero attached hydrogens (tertiary/aromatic N) is 1. The number of ether oxygens (including phenoxy) is 3. The number of benzene rings is 2.